The van der Waals surface area contributed by atoms with Crippen molar-refractivity contribution in [3.05, 3.63) is 52.7 Å². The van der Waals surface area contributed by atoms with Gasteiger partial charge in [0.25, 0.3) is 5.78 Å². The minimum absolute atomic E-state index is 0.141. The molecule has 20 heavy (non-hydrogen) atoms. The van der Waals surface area contributed by atoms with Crippen molar-refractivity contribution in [2.24, 2.45) is 7.05 Å². The lowest BCUT2D eigenvalue weighted by Gasteiger charge is -2.04. The number of hydrogen-bond acceptors (Lipinski definition) is 4. The molecule has 0 fully saturated rings. The van der Waals surface area contributed by atoms with Gasteiger partial charge in [0.15, 0.2) is 0 Å². The normalized spacial score (nSPS) is 10.3. The summed E-state index contributed by atoms with van der Waals surface area (Å²) in [4.78, 5) is 35.1. The number of rotatable bonds is 4. The van der Waals surface area contributed by atoms with E-state index in [0.29, 0.717) is 5.69 Å². The van der Waals surface area contributed by atoms with Crippen molar-refractivity contribution in [1.82, 2.24) is 9.13 Å². The maximum Gasteiger partial charge on any atom is 0.379 e. The number of Topliss-reactive ketones (excluding diaryl/α,β-unsaturated/α-hetero) is 1. The number of benzene rings is 1. The van der Waals surface area contributed by atoms with Gasteiger partial charge in [-0.3, -0.25) is 9.36 Å². The predicted octanol–water partition coefficient (Wildman–Crippen LogP) is 0.922. The van der Waals surface area contributed by atoms with E-state index < -0.39 is 11.8 Å². The maximum absolute atomic E-state index is 11.8. The number of aromatic nitrogens is 2. The summed E-state index contributed by atoms with van der Waals surface area (Å²) in [5.41, 5.74) is 0.480. The number of esters is 1. The number of aryl methyl sites for hydroxylation is 1. The van der Waals surface area contributed by atoms with Gasteiger partial charge < -0.3 is 9.30 Å². The van der Waals surface area contributed by atoms with E-state index in [2.05, 4.69) is 4.74 Å². The van der Waals surface area contributed by atoms with Gasteiger partial charge in [-0.15, -0.1) is 0 Å². The summed E-state index contributed by atoms with van der Waals surface area (Å²) in [6, 6.07) is 6.29. The van der Waals surface area contributed by atoms with Crippen LogP contribution in [-0.4, -0.2) is 27.5 Å². The molecule has 0 atom stereocenters. The number of carbonyl (C=O) groups excluding carboxylic acids is 2. The van der Waals surface area contributed by atoms with E-state index in [9.17, 15) is 14.4 Å². The maximum atomic E-state index is 11.8. The van der Waals surface area contributed by atoms with Gasteiger partial charge in [-0.2, -0.15) is 0 Å². The smallest absolute Gasteiger partial charge is 0.379 e. The second-order valence-corrected chi connectivity index (χ2v) is 4.16. The average Bonchev–Trinajstić information content (AvgIpc) is 2.78. The van der Waals surface area contributed by atoms with Crippen LogP contribution in [-0.2, 0) is 16.6 Å². The molecule has 0 radical (unpaired) electrons. The molecule has 0 N–H and O–H groups in total. The minimum Gasteiger partial charge on any atom is -0.460 e. The summed E-state index contributed by atoms with van der Waals surface area (Å²) in [6.45, 7) is 1.77. The fraction of sp³-hybridized carbons (Fsp3) is 0.214. The van der Waals surface area contributed by atoms with Crippen LogP contribution >= 0.6 is 0 Å². The molecule has 0 unspecified atom stereocenters. The molecule has 0 bridgehead atoms. The zero-order valence-corrected chi connectivity index (χ0v) is 11.2. The minimum atomic E-state index is -0.898. The van der Waals surface area contributed by atoms with Crippen molar-refractivity contribution in [3.8, 4) is 5.69 Å². The molecule has 0 aliphatic carbocycles. The number of ketones is 1. The van der Waals surface area contributed by atoms with E-state index in [1.807, 2.05) is 0 Å². The zero-order chi connectivity index (χ0) is 14.7. The Morgan fingerprint density at radius 2 is 2.00 bits per heavy atom. The van der Waals surface area contributed by atoms with Crippen LogP contribution in [0.3, 0.4) is 0 Å². The van der Waals surface area contributed by atoms with E-state index in [1.165, 1.54) is 21.3 Å². The molecule has 1 aromatic heterocycles. The molecule has 6 nitrogen and oxygen atoms in total. The first-order valence-corrected chi connectivity index (χ1v) is 6.10. The molecule has 0 saturated heterocycles. The van der Waals surface area contributed by atoms with E-state index in [4.69, 9.17) is 0 Å². The molecule has 6 heteroatoms. The summed E-state index contributed by atoms with van der Waals surface area (Å²) in [7, 11) is 1.63. The fourth-order valence-corrected chi connectivity index (χ4v) is 1.77. The SMILES string of the molecule is CCOC(=O)C(=O)c1cccc(-n2ccn(C)c2=O)c1. The van der Waals surface area contributed by atoms with Crippen molar-refractivity contribution in [2.75, 3.05) is 6.61 Å². The fourth-order valence-electron chi connectivity index (χ4n) is 1.77. The van der Waals surface area contributed by atoms with Gasteiger partial charge in [0, 0.05) is 25.0 Å². The first-order chi connectivity index (χ1) is 9.54. The van der Waals surface area contributed by atoms with Crippen LogP contribution in [0.25, 0.3) is 5.69 Å². The van der Waals surface area contributed by atoms with Crippen LogP contribution in [0, 0.1) is 0 Å². The number of imidazole rings is 1. The van der Waals surface area contributed by atoms with Crippen LogP contribution < -0.4 is 5.69 Å². The highest BCUT2D eigenvalue weighted by atomic mass is 16.5. The third-order valence-corrected chi connectivity index (χ3v) is 2.79. The molecule has 104 valence electrons. The van der Waals surface area contributed by atoms with Crippen LogP contribution in [0.5, 0.6) is 0 Å². The van der Waals surface area contributed by atoms with Gasteiger partial charge in [-0.1, -0.05) is 12.1 Å². The summed E-state index contributed by atoms with van der Waals surface area (Å²) in [5, 5.41) is 0. The molecule has 0 amide bonds. The molecule has 2 rings (SSSR count). The molecule has 0 saturated carbocycles. The lowest BCUT2D eigenvalue weighted by atomic mass is 10.1. The number of carbonyl (C=O) groups is 2. The molecule has 0 spiro atoms. The second-order valence-electron chi connectivity index (χ2n) is 4.16. The van der Waals surface area contributed by atoms with Crippen LogP contribution in [0.2, 0.25) is 0 Å². The highest BCUT2D eigenvalue weighted by Gasteiger charge is 2.18. The van der Waals surface area contributed by atoms with E-state index in [1.54, 1.807) is 38.5 Å². The van der Waals surface area contributed by atoms with Crippen molar-refractivity contribution >= 4 is 11.8 Å². The van der Waals surface area contributed by atoms with E-state index in [-0.39, 0.29) is 17.9 Å². The van der Waals surface area contributed by atoms with Crippen LogP contribution in [0.1, 0.15) is 17.3 Å². The topological polar surface area (TPSA) is 70.3 Å². The Hall–Kier alpha value is -2.63. The lowest BCUT2D eigenvalue weighted by molar-refractivity contribution is -0.137. The van der Waals surface area contributed by atoms with Gasteiger partial charge in [0.1, 0.15) is 0 Å². The molecule has 1 heterocycles. The summed E-state index contributed by atoms with van der Waals surface area (Å²) < 4.78 is 7.48. The Morgan fingerprint density at radius 1 is 1.25 bits per heavy atom. The Labute approximate surface area is 115 Å². The van der Waals surface area contributed by atoms with Crippen LogP contribution in [0.15, 0.2) is 41.5 Å². The highest BCUT2D eigenvalue weighted by molar-refractivity contribution is 6.40. The largest absolute Gasteiger partial charge is 0.460 e. The molecular weight excluding hydrogens is 260 g/mol. The number of hydrogen-bond donors (Lipinski definition) is 0. The van der Waals surface area contributed by atoms with Crippen molar-refractivity contribution in [1.29, 1.82) is 0 Å². The van der Waals surface area contributed by atoms with Crippen molar-refractivity contribution < 1.29 is 14.3 Å². The Kier molecular flexibility index (Phi) is 3.84. The number of nitrogens with zero attached hydrogens (tertiary/aromatic N) is 2. The Bertz CT molecular complexity index is 712. The quantitative estimate of drug-likeness (QED) is 0.472. The third-order valence-electron chi connectivity index (χ3n) is 2.79. The molecule has 0 aliphatic heterocycles. The third kappa shape index (κ3) is 2.54. The molecular formula is C14H14N2O4. The van der Waals surface area contributed by atoms with Gasteiger partial charge in [0.05, 0.1) is 12.3 Å². The van der Waals surface area contributed by atoms with Gasteiger partial charge >= 0.3 is 11.7 Å². The highest BCUT2D eigenvalue weighted by Crippen LogP contribution is 2.10. The molecule has 1 aromatic carbocycles. The predicted molar refractivity (Wildman–Crippen MR) is 72.0 cm³/mol. The van der Waals surface area contributed by atoms with Gasteiger partial charge in [-0.05, 0) is 19.1 Å². The van der Waals surface area contributed by atoms with E-state index in [0.717, 1.165) is 0 Å². The van der Waals surface area contributed by atoms with Crippen LogP contribution in [0.4, 0.5) is 0 Å². The first kappa shape index (κ1) is 13.8. The van der Waals surface area contributed by atoms with Crippen molar-refractivity contribution in [2.45, 2.75) is 6.92 Å². The monoisotopic (exact) mass is 274 g/mol. The standard InChI is InChI=1S/C14H14N2O4/c1-3-20-13(18)12(17)10-5-4-6-11(9-10)16-8-7-15(2)14(16)19/h4-9H,3H2,1-2H3. The van der Waals surface area contributed by atoms with Gasteiger partial charge in [0.2, 0.25) is 0 Å². The summed E-state index contributed by atoms with van der Waals surface area (Å²) >= 11 is 0. The summed E-state index contributed by atoms with van der Waals surface area (Å²) in [6.07, 6.45) is 3.21. The molecule has 0 aliphatic rings. The Morgan fingerprint density at radius 3 is 2.60 bits per heavy atom. The zero-order valence-electron chi connectivity index (χ0n) is 11.2. The molecule has 2 aromatic rings. The first-order valence-electron chi connectivity index (χ1n) is 6.10. The number of ether oxygens (including phenoxy) is 1. The average molecular weight is 274 g/mol. The van der Waals surface area contributed by atoms with Gasteiger partial charge in [-0.25, -0.2) is 9.59 Å². The van der Waals surface area contributed by atoms with E-state index >= 15 is 0 Å². The summed E-state index contributed by atoms with van der Waals surface area (Å²) in [5.74, 6) is -1.62. The lowest BCUT2D eigenvalue weighted by Crippen LogP contribution is -2.21. The Balaban J connectivity index is 2.38. The van der Waals surface area contributed by atoms with Crippen molar-refractivity contribution in [3.63, 3.8) is 0 Å². The second kappa shape index (κ2) is 5.56.